The number of unbranched alkanes of at least 4 members (excludes halogenated alkanes) is 5. The molecule has 2 aliphatic rings. The van der Waals surface area contributed by atoms with E-state index < -0.39 is 0 Å². The third-order valence-electron chi connectivity index (χ3n) is 3.41. The number of hydrogen-bond donors (Lipinski definition) is 2. The Labute approximate surface area is 109 Å². The smallest absolute Gasteiger partial charge is 0.226 e. The van der Waals surface area contributed by atoms with Crippen LogP contribution in [0.5, 0.6) is 0 Å². The summed E-state index contributed by atoms with van der Waals surface area (Å²) in [6, 6.07) is 0. The monoisotopic (exact) mass is 249 g/mol. The van der Waals surface area contributed by atoms with Gasteiger partial charge in [-0.1, -0.05) is 39.0 Å². The van der Waals surface area contributed by atoms with Crippen LogP contribution in [0.15, 0.2) is 21.9 Å². The maximum atomic E-state index is 6.15. The van der Waals surface area contributed by atoms with Crippen LogP contribution in [-0.2, 0) is 0 Å². The van der Waals surface area contributed by atoms with E-state index in [1.54, 1.807) is 11.3 Å². The molecule has 0 saturated carbocycles. The van der Waals surface area contributed by atoms with Crippen LogP contribution in [0.25, 0.3) is 0 Å². The largest absolute Gasteiger partial charge is 0.314 e. The standard InChI is InChI=1S/C13H23N5/c1-2-3-4-5-6-7-8-11-9-15-13-16-10-17-18(13)12(11)14/h9-10,12H,2-8,14H2,1H3,(H,15,16,17). The topological polar surface area (TPSA) is 66.0 Å². The fourth-order valence-electron chi connectivity index (χ4n) is 2.27. The Morgan fingerprint density at radius 3 is 2.89 bits per heavy atom. The predicted molar refractivity (Wildman–Crippen MR) is 75.0 cm³/mol. The summed E-state index contributed by atoms with van der Waals surface area (Å²) in [5.41, 5.74) is 7.33. The van der Waals surface area contributed by atoms with Crippen LogP contribution < -0.4 is 11.1 Å². The highest BCUT2D eigenvalue weighted by Crippen LogP contribution is 2.20. The predicted octanol–water partition coefficient (Wildman–Crippen LogP) is 2.12. The summed E-state index contributed by atoms with van der Waals surface area (Å²) in [7, 11) is 0. The zero-order valence-electron chi connectivity index (χ0n) is 11.1. The second-order valence-electron chi connectivity index (χ2n) is 4.85. The van der Waals surface area contributed by atoms with Gasteiger partial charge in [0.05, 0.1) is 0 Å². The minimum Gasteiger partial charge on any atom is -0.314 e. The van der Waals surface area contributed by atoms with Crippen molar-refractivity contribution in [3.8, 4) is 0 Å². The molecule has 3 N–H and O–H groups in total. The Hall–Kier alpha value is -1.36. The number of rotatable bonds is 7. The molecule has 18 heavy (non-hydrogen) atoms. The lowest BCUT2D eigenvalue weighted by molar-refractivity contribution is 0.360. The number of hydrazone groups is 1. The number of nitrogens with one attached hydrogen (secondary N) is 1. The number of nitrogens with two attached hydrogens (primary N) is 1. The molecule has 100 valence electrons. The number of guanidine groups is 1. The molecule has 0 aromatic carbocycles. The molecule has 0 fully saturated rings. The van der Waals surface area contributed by atoms with Crippen molar-refractivity contribution < 1.29 is 0 Å². The first-order chi connectivity index (χ1) is 8.83. The molecule has 0 aromatic rings. The van der Waals surface area contributed by atoms with Gasteiger partial charge in [0.2, 0.25) is 5.96 Å². The average Bonchev–Trinajstić information content (AvgIpc) is 2.85. The van der Waals surface area contributed by atoms with Gasteiger partial charge in [-0.25, -0.2) is 10.0 Å². The van der Waals surface area contributed by atoms with E-state index in [1.165, 1.54) is 44.1 Å². The lowest BCUT2D eigenvalue weighted by Gasteiger charge is -2.27. The van der Waals surface area contributed by atoms with Crippen molar-refractivity contribution in [2.75, 3.05) is 0 Å². The van der Waals surface area contributed by atoms with E-state index in [-0.39, 0.29) is 6.17 Å². The first kappa shape index (κ1) is 13.1. The summed E-state index contributed by atoms with van der Waals surface area (Å²) in [4.78, 5) is 4.32. The molecule has 5 heteroatoms. The molecule has 0 saturated heterocycles. The minimum atomic E-state index is -0.153. The van der Waals surface area contributed by atoms with E-state index >= 15 is 0 Å². The summed E-state index contributed by atoms with van der Waals surface area (Å²) in [5.74, 6) is 0.731. The molecule has 0 amide bonds. The Bertz CT molecular complexity index is 358. The molecule has 1 atom stereocenters. The molecule has 0 aliphatic carbocycles. The van der Waals surface area contributed by atoms with Gasteiger partial charge in [-0.2, -0.15) is 5.10 Å². The second kappa shape index (κ2) is 6.54. The van der Waals surface area contributed by atoms with Crippen molar-refractivity contribution in [1.82, 2.24) is 10.3 Å². The SMILES string of the molecule is CCCCCCCCC1=CN=C2NC=NN2C1N. The summed E-state index contributed by atoms with van der Waals surface area (Å²) >= 11 is 0. The number of nitrogens with zero attached hydrogens (tertiary/aromatic N) is 3. The van der Waals surface area contributed by atoms with Gasteiger partial charge < -0.3 is 11.1 Å². The van der Waals surface area contributed by atoms with Crippen LogP contribution in [0.2, 0.25) is 0 Å². The van der Waals surface area contributed by atoms with Gasteiger partial charge >= 0.3 is 0 Å². The Kier molecular flexibility index (Phi) is 4.75. The van der Waals surface area contributed by atoms with Gasteiger partial charge in [0.15, 0.2) is 0 Å². The van der Waals surface area contributed by atoms with Crippen molar-refractivity contribution in [2.24, 2.45) is 15.8 Å². The molecule has 5 nitrogen and oxygen atoms in total. The number of fused-ring (bicyclic) bond motifs is 1. The van der Waals surface area contributed by atoms with Gasteiger partial charge in [0.25, 0.3) is 0 Å². The van der Waals surface area contributed by atoms with Crippen molar-refractivity contribution in [2.45, 2.75) is 58.0 Å². The van der Waals surface area contributed by atoms with Crippen molar-refractivity contribution >= 4 is 12.3 Å². The van der Waals surface area contributed by atoms with Crippen LogP contribution in [0, 0.1) is 0 Å². The molecule has 0 aromatic heterocycles. The molecule has 1 unspecified atom stereocenters. The number of aliphatic imine (C=N–C) groups is 1. The van der Waals surface area contributed by atoms with Crippen molar-refractivity contribution in [3.63, 3.8) is 0 Å². The highest BCUT2D eigenvalue weighted by Gasteiger charge is 2.27. The Morgan fingerprint density at radius 1 is 1.28 bits per heavy atom. The van der Waals surface area contributed by atoms with E-state index in [0.717, 1.165) is 12.4 Å². The molecule has 2 heterocycles. The molecule has 0 spiro atoms. The summed E-state index contributed by atoms with van der Waals surface area (Å²) in [5, 5.41) is 8.86. The van der Waals surface area contributed by atoms with Gasteiger partial charge in [-0.05, 0) is 18.4 Å². The highest BCUT2D eigenvalue weighted by molar-refractivity contribution is 5.95. The fraction of sp³-hybridized carbons (Fsp3) is 0.692. The van der Waals surface area contributed by atoms with E-state index in [0.29, 0.717) is 0 Å². The third kappa shape index (κ3) is 3.10. The molecular formula is C13H23N5. The van der Waals surface area contributed by atoms with Gasteiger partial charge in [0, 0.05) is 6.20 Å². The number of hydrogen-bond acceptors (Lipinski definition) is 5. The van der Waals surface area contributed by atoms with Gasteiger partial charge in [-0.3, -0.25) is 0 Å². The van der Waals surface area contributed by atoms with E-state index in [4.69, 9.17) is 5.73 Å². The molecule has 0 radical (unpaired) electrons. The molecule has 2 aliphatic heterocycles. The minimum absolute atomic E-state index is 0.153. The van der Waals surface area contributed by atoms with Crippen LogP contribution in [0.3, 0.4) is 0 Å². The molecular weight excluding hydrogens is 226 g/mol. The lowest BCUT2D eigenvalue weighted by Crippen LogP contribution is -2.46. The third-order valence-corrected chi connectivity index (χ3v) is 3.41. The van der Waals surface area contributed by atoms with Crippen LogP contribution in [0.1, 0.15) is 51.9 Å². The molecule has 0 bridgehead atoms. The Balaban J connectivity index is 1.71. The summed E-state index contributed by atoms with van der Waals surface area (Å²) in [6.45, 7) is 2.24. The quantitative estimate of drug-likeness (QED) is 0.679. The van der Waals surface area contributed by atoms with Crippen molar-refractivity contribution in [3.05, 3.63) is 11.8 Å². The van der Waals surface area contributed by atoms with Gasteiger partial charge in [-0.15, -0.1) is 0 Å². The second-order valence-corrected chi connectivity index (χ2v) is 4.85. The highest BCUT2D eigenvalue weighted by atomic mass is 15.6. The first-order valence-corrected chi connectivity index (χ1v) is 6.93. The van der Waals surface area contributed by atoms with Crippen molar-refractivity contribution in [1.29, 1.82) is 0 Å². The maximum Gasteiger partial charge on any atom is 0.226 e. The van der Waals surface area contributed by atoms with E-state index in [2.05, 4.69) is 22.3 Å². The van der Waals surface area contributed by atoms with E-state index in [1.807, 2.05) is 6.20 Å². The maximum absolute atomic E-state index is 6.15. The zero-order chi connectivity index (χ0) is 12.8. The van der Waals surface area contributed by atoms with Gasteiger partial charge in [0.1, 0.15) is 12.5 Å². The lowest BCUT2D eigenvalue weighted by atomic mass is 10.0. The summed E-state index contributed by atoms with van der Waals surface area (Å²) in [6.07, 6.45) is 12.2. The normalized spacial score (nSPS) is 21.4. The van der Waals surface area contributed by atoms with Crippen LogP contribution in [-0.4, -0.2) is 23.5 Å². The summed E-state index contributed by atoms with van der Waals surface area (Å²) < 4.78 is 0. The first-order valence-electron chi connectivity index (χ1n) is 6.93. The fourth-order valence-corrected chi connectivity index (χ4v) is 2.27. The Morgan fingerprint density at radius 2 is 2.06 bits per heavy atom. The zero-order valence-corrected chi connectivity index (χ0v) is 11.1. The average molecular weight is 249 g/mol. The van der Waals surface area contributed by atoms with E-state index in [9.17, 15) is 0 Å². The van der Waals surface area contributed by atoms with Crippen LogP contribution in [0.4, 0.5) is 0 Å². The van der Waals surface area contributed by atoms with Crippen LogP contribution >= 0.6 is 0 Å². The molecule has 2 rings (SSSR count).